The number of cyclic esters (lactones) is 1. The lowest BCUT2D eigenvalue weighted by atomic mass is 9.82. The Labute approximate surface area is 368 Å². The van der Waals surface area contributed by atoms with Gasteiger partial charge in [0.2, 0.25) is 0 Å². The van der Waals surface area contributed by atoms with Gasteiger partial charge >= 0.3 is 11.9 Å². The quantitative estimate of drug-likeness (QED) is 0.191. The molecule has 0 aromatic carbocycles. The van der Waals surface area contributed by atoms with Gasteiger partial charge in [0.25, 0.3) is 0 Å². The first-order valence-electron chi connectivity index (χ1n) is 22.2. The number of hydrogen-bond acceptors (Lipinski definition) is 17. The van der Waals surface area contributed by atoms with Crippen molar-refractivity contribution >= 4 is 18.2 Å². The van der Waals surface area contributed by atoms with E-state index < -0.39 is 109 Å². The van der Waals surface area contributed by atoms with Crippen molar-refractivity contribution in [3.63, 3.8) is 0 Å². The van der Waals surface area contributed by atoms with Crippen LogP contribution in [0.4, 0.5) is 0 Å². The Balaban J connectivity index is 1.73. The molecular formula is C45H76N2O15. The van der Waals surface area contributed by atoms with E-state index in [1.54, 1.807) is 39.8 Å². The van der Waals surface area contributed by atoms with Crippen LogP contribution >= 0.6 is 0 Å². The highest BCUT2D eigenvalue weighted by atomic mass is 16.7. The molecule has 62 heavy (non-hydrogen) atoms. The van der Waals surface area contributed by atoms with Gasteiger partial charge in [-0.2, -0.15) is 0 Å². The van der Waals surface area contributed by atoms with Crippen LogP contribution in [0.3, 0.4) is 0 Å². The molecule has 17 nitrogen and oxygen atoms in total. The van der Waals surface area contributed by atoms with E-state index in [-0.39, 0.29) is 37.3 Å². The van der Waals surface area contributed by atoms with Crippen LogP contribution < -0.4 is 0 Å². The first-order valence-corrected chi connectivity index (χ1v) is 22.2. The summed E-state index contributed by atoms with van der Waals surface area (Å²) in [5, 5.41) is 33.6. The second-order valence-corrected chi connectivity index (χ2v) is 18.4. The number of carbonyl (C=O) groups excluding carboxylic acids is 3. The standard InChI is InChI=1S/C45H76N2O15/c1-25-22-31(20-21-48)41(62-44-39(51)38(47(10)11)40(28(4)58-44)61-37-24-45(7,53)43(52)29(5)57-37)42(54-12)34(59-30(6)49)23-35(50)55-26(2)16-14-13-15-17-33(25)60-36-19-18-32(46(8)9)27(3)56-36/h13-15,17,21,25-29,31-34,36-44,51-53H,16,18-20,22-24H2,1-12H3/t25-,26-,27?,28?,29?,31+,32?,33+,34-,36?,37?,38?,39?,40?,41+,42+,43?,44?,45?/m1/s1. The van der Waals surface area contributed by atoms with E-state index in [2.05, 4.69) is 4.90 Å². The summed E-state index contributed by atoms with van der Waals surface area (Å²) in [6.45, 7) is 12.0. The minimum Gasteiger partial charge on any atom is -0.462 e. The molecule has 4 heterocycles. The number of aliphatic hydroxyl groups is 3. The second kappa shape index (κ2) is 23.7. The molecule has 4 rings (SSSR count). The Hall–Kier alpha value is -2.39. The Bertz CT molecular complexity index is 1480. The van der Waals surface area contributed by atoms with Gasteiger partial charge in [0.1, 0.15) is 42.9 Å². The van der Waals surface area contributed by atoms with E-state index >= 15 is 0 Å². The maximum Gasteiger partial charge on any atom is 0.309 e. The van der Waals surface area contributed by atoms with Crippen LogP contribution in [0, 0.1) is 11.8 Å². The Morgan fingerprint density at radius 1 is 0.903 bits per heavy atom. The monoisotopic (exact) mass is 885 g/mol. The molecule has 3 N–H and O–H groups in total. The number of aliphatic hydroxyl groups excluding tert-OH is 2. The normalized spacial score (nSPS) is 43.0. The van der Waals surface area contributed by atoms with E-state index in [1.807, 2.05) is 52.2 Å². The molecule has 0 aromatic heterocycles. The Morgan fingerprint density at radius 2 is 1.60 bits per heavy atom. The van der Waals surface area contributed by atoms with Gasteiger partial charge in [0.05, 0.1) is 48.6 Å². The first-order chi connectivity index (χ1) is 29.2. The summed E-state index contributed by atoms with van der Waals surface area (Å²) in [5.74, 6) is -2.21. The van der Waals surface area contributed by atoms with Gasteiger partial charge < -0.3 is 72.5 Å². The van der Waals surface area contributed by atoms with Crippen LogP contribution in [-0.2, 0) is 57.0 Å². The van der Waals surface area contributed by atoms with Gasteiger partial charge in [-0.25, -0.2) is 0 Å². The zero-order valence-corrected chi connectivity index (χ0v) is 38.9. The zero-order valence-electron chi connectivity index (χ0n) is 38.9. The van der Waals surface area contributed by atoms with Crippen molar-refractivity contribution in [3.05, 3.63) is 24.3 Å². The average Bonchev–Trinajstić information content (AvgIpc) is 3.16. The average molecular weight is 885 g/mol. The summed E-state index contributed by atoms with van der Waals surface area (Å²) in [7, 11) is 9.02. The topological polar surface area (TPSA) is 201 Å². The molecule has 0 bridgehead atoms. The number of esters is 2. The number of ether oxygens (including phenoxy) is 9. The summed E-state index contributed by atoms with van der Waals surface area (Å²) in [5.41, 5.74) is -1.49. The van der Waals surface area contributed by atoms with Crippen molar-refractivity contribution in [3.8, 4) is 0 Å². The highest BCUT2D eigenvalue weighted by Gasteiger charge is 2.52. The fraction of sp³-hybridized carbons (Fsp3) is 0.844. The van der Waals surface area contributed by atoms with Gasteiger partial charge in [0.15, 0.2) is 18.9 Å². The molecule has 0 aliphatic carbocycles. The van der Waals surface area contributed by atoms with Gasteiger partial charge in [-0.15, -0.1) is 0 Å². The van der Waals surface area contributed by atoms with Crippen molar-refractivity contribution in [2.24, 2.45) is 11.8 Å². The van der Waals surface area contributed by atoms with Crippen molar-refractivity contribution in [2.75, 3.05) is 35.3 Å². The van der Waals surface area contributed by atoms with E-state index in [1.165, 1.54) is 21.0 Å². The number of carbonyl (C=O) groups is 3. The number of methoxy groups -OCH3 is 1. The molecule has 17 heteroatoms. The number of rotatable bonds is 12. The second-order valence-electron chi connectivity index (χ2n) is 18.4. The predicted molar refractivity (Wildman–Crippen MR) is 226 cm³/mol. The minimum atomic E-state index is -1.49. The Kier molecular flexibility index (Phi) is 20.0. The highest BCUT2D eigenvalue weighted by Crippen LogP contribution is 2.38. The summed E-state index contributed by atoms with van der Waals surface area (Å²) in [6, 6.07) is -0.509. The van der Waals surface area contributed by atoms with E-state index in [0.717, 1.165) is 12.7 Å². The summed E-state index contributed by atoms with van der Waals surface area (Å²) in [6.07, 6.45) is -1.81. The third-order valence-electron chi connectivity index (χ3n) is 12.7. The molecular weight excluding hydrogens is 808 g/mol. The van der Waals surface area contributed by atoms with Gasteiger partial charge in [0, 0.05) is 39.3 Å². The molecule has 4 aliphatic rings. The van der Waals surface area contributed by atoms with Crippen LogP contribution in [0.5, 0.6) is 0 Å². The van der Waals surface area contributed by atoms with Gasteiger partial charge in [-0.05, 0) is 93.9 Å². The molecule has 3 saturated heterocycles. The van der Waals surface area contributed by atoms with E-state index in [4.69, 9.17) is 42.6 Å². The van der Waals surface area contributed by atoms with E-state index in [9.17, 15) is 29.7 Å². The number of nitrogens with zero attached hydrogens (tertiary/aromatic N) is 2. The molecule has 3 fully saturated rings. The van der Waals surface area contributed by atoms with Crippen LogP contribution in [0.25, 0.3) is 0 Å². The molecule has 12 unspecified atom stereocenters. The molecule has 0 radical (unpaired) electrons. The summed E-state index contributed by atoms with van der Waals surface area (Å²) >= 11 is 0. The summed E-state index contributed by atoms with van der Waals surface area (Å²) < 4.78 is 56.3. The van der Waals surface area contributed by atoms with Crippen LogP contribution in [0.2, 0.25) is 0 Å². The van der Waals surface area contributed by atoms with E-state index in [0.29, 0.717) is 19.3 Å². The fourth-order valence-corrected chi connectivity index (χ4v) is 9.40. The lowest BCUT2D eigenvalue weighted by Crippen LogP contribution is -2.65. The molecule has 19 atom stereocenters. The van der Waals surface area contributed by atoms with Crippen LogP contribution in [0.15, 0.2) is 24.3 Å². The van der Waals surface area contributed by atoms with Crippen LogP contribution in [0.1, 0.15) is 93.4 Å². The number of allylic oxidation sites excluding steroid dienone is 2. The van der Waals surface area contributed by atoms with Crippen molar-refractivity contribution in [1.82, 2.24) is 9.80 Å². The highest BCUT2D eigenvalue weighted by molar-refractivity contribution is 5.72. The lowest BCUT2D eigenvalue weighted by molar-refractivity contribution is -0.344. The number of aldehydes is 1. The molecule has 0 aromatic rings. The molecule has 0 spiro atoms. The van der Waals surface area contributed by atoms with Gasteiger partial charge in [-0.1, -0.05) is 31.2 Å². The van der Waals surface area contributed by atoms with Crippen molar-refractivity contribution < 1.29 is 72.3 Å². The number of hydrogen-bond donors (Lipinski definition) is 3. The van der Waals surface area contributed by atoms with Crippen LogP contribution in [-0.4, -0.2) is 182 Å². The smallest absolute Gasteiger partial charge is 0.309 e. The maximum atomic E-state index is 13.4. The van der Waals surface area contributed by atoms with Crippen molar-refractivity contribution in [1.29, 1.82) is 0 Å². The van der Waals surface area contributed by atoms with Gasteiger partial charge in [-0.3, -0.25) is 9.59 Å². The molecule has 0 amide bonds. The maximum absolute atomic E-state index is 13.4. The van der Waals surface area contributed by atoms with Crippen molar-refractivity contribution in [2.45, 2.75) is 197 Å². The Morgan fingerprint density at radius 3 is 2.19 bits per heavy atom. The molecule has 4 aliphatic heterocycles. The molecule has 356 valence electrons. The fourth-order valence-electron chi connectivity index (χ4n) is 9.40. The predicted octanol–water partition coefficient (Wildman–Crippen LogP) is 2.90. The SMILES string of the molecule is CO[C@@H]1[C@@H](OC2OC(C)C(OC3CC(C)(O)C(O)C(C)O3)C(N(C)C)C2O)[C@@H](CC=O)C[C@@H](C)[C@@H](OC2CCC(N(C)C)C(C)O2)C=CC=CC[C@@H](C)OC(=O)C[C@H]1OC(C)=O. The third-order valence-corrected chi connectivity index (χ3v) is 12.7. The first kappa shape index (κ1) is 52.2. The zero-order chi connectivity index (χ0) is 46.1. The third kappa shape index (κ3) is 14.1. The largest absolute Gasteiger partial charge is 0.462 e. The number of likely N-dealkylation sites (N-methyl/N-ethyl adjacent to an activating group) is 2. The lowest BCUT2D eigenvalue weighted by Gasteiger charge is -2.50. The summed E-state index contributed by atoms with van der Waals surface area (Å²) in [4.78, 5) is 42.7. The molecule has 0 saturated carbocycles. The minimum absolute atomic E-state index is 0.0293.